The molecule has 71 valence electrons. The third-order valence-electron chi connectivity index (χ3n) is 2.68. The molecular formula is C11H21O. The van der Waals surface area contributed by atoms with E-state index >= 15 is 0 Å². The molecule has 0 aromatic carbocycles. The van der Waals surface area contributed by atoms with Gasteiger partial charge in [0.2, 0.25) is 0 Å². The molecule has 0 aliphatic heterocycles. The van der Waals surface area contributed by atoms with E-state index in [4.69, 9.17) is 4.74 Å². The highest BCUT2D eigenvalue weighted by atomic mass is 16.5. The van der Waals surface area contributed by atoms with Crippen LogP contribution in [0.2, 0.25) is 0 Å². The Morgan fingerprint density at radius 3 is 2.50 bits per heavy atom. The van der Waals surface area contributed by atoms with Crippen molar-refractivity contribution in [1.82, 2.24) is 0 Å². The van der Waals surface area contributed by atoms with Gasteiger partial charge in [-0.1, -0.05) is 39.0 Å². The standard InChI is InChI=1S/C11H21O/c1-2-9-12-10-8-11-6-4-3-5-7-11/h11H,1-10H2. The predicted molar refractivity (Wildman–Crippen MR) is 52.0 cm³/mol. The largest absolute Gasteiger partial charge is 0.381 e. The Morgan fingerprint density at radius 1 is 1.08 bits per heavy atom. The van der Waals surface area contributed by atoms with E-state index in [0.717, 1.165) is 25.6 Å². The van der Waals surface area contributed by atoms with Gasteiger partial charge in [0.25, 0.3) is 0 Å². The van der Waals surface area contributed by atoms with Crippen LogP contribution in [0.25, 0.3) is 0 Å². The highest BCUT2D eigenvalue weighted by molar-refractivity contribution is 4.65. The van der Waals surface area contributed by atoms with E-state index in [9.17, 15) is 0 Å². The SMILES string of the molecule is [CH2]CCOCCC1CCCCC1. The molecule has 1 rings (SSSR count). The Kier molecular flexibility index (Phi) is 5.42. The van der Waals surface area contributed by atoms with Crippen molar-refractivity contribution in [3.63, 3.8) is 0 Å². The fraction of sp³-hybridized carbons (Fsp3) is 0.909. The topological polar surface area (TPSA) is 9.23 Å². The monoisotopic (exact) mass is 169 g/mol. The molecule has 1 aliphatic rings. The van der Waals surface area contributed by atoms with E-state index in [1.165, 1.54) is 38.5 Å². The lowest BCUT2D eigenvalue weighted by atomic mass is 9.87. The van der Waals surface area contributed by atoms with Crippen LogP contribution in [0.15, 0.2) is 0 Å². The van der Waals surface area contributed by atoms with Gasteiger partial charge < -0.3 is 4.74 Å². The first-order valence-electron chi connectivity index (χ1n) is 5.30. The fourth-order valence-corrected chi connectivity index (χ4v) is 1.93. The van der Waals surface area contributed by atoms with Gasteiger partial charge >= 0.3 is 0 Å². The van der Waals surface area contributed by atoms with Gasteiger partial charge in [-0.3, -0.25) is 0 Å². The maximum absolute atomic E-state index is 5.42. The van der Waals surface area contributed by atoms with Crippen LogP contribution in [0.4, 0.5) is 0 Å². The molecule has 0 spiro atoms. The summed E-state index contributed by atoms with van der Waals surface area (Å²) in [6.45, 7) is 5.54. The van der Waals surface area contributed by atoms with Crippen LogP contribution < -0.4 is 0 Å². The molecule has 0 bridgehead atoms. The van der Waals surface area contributed by atoms with Crippen LogP contribution >= 0.6 is 0 Å². The van der Waals surface area contributed by atoms with Crippen molar-refractivity contribution in [3.05, 3.63) is 6.92 Å². The van der Waals surface area contributed by atoms with E-state index in [0.29, 0.717) is 0 Å². The summed E-state index contributed by atoms with van der Waals surface area (Å²) in [7, 11) is 0. The van der Waals surface area contributed by atoms with Crippen LogP contribution in [0.1, 0.15) is 44.9 Å². The van der Waals surface area contributed by atoms with E-state index in [1.807, 2.05) is 0 Å². The van der Waals surface area contributed by atoms with Gasteiger partial charge in [-0.15, -0.1) is 0 Å². The smallest absolute Gasteiger partial charge is 0.0468 e. The molecule has 0 saturated heterocycles. The van der Waals surface area contributed by atoms with Crippen molar-refractivity contribution < 1.29 is 4.74 Å². The number of ether oxygens (including phenoxy) is 1. The minimum absolute atomic E-state index is 0.840. The first kappa shape index (κ1) is 10.0. The Morgan fingerprint density at radius 2 is 1.83 bits per heavy atom. The molecule has 12 heavy (non-hydrogen) atoms. The molecule has 0 unspecified atom stereocenters. The Labute approximate surface area is 76.5 Å². The molecule has 0 atom stereocenters. The quantitative estimate of drug-likeness (QED) is 0.574. The van der Waals surface area contributed by atoms with E-state index in [-0.39, 0.29) is 0 Å². The molecule has 1 saturated carbocycles. The average molecular weight is 169 g/mol. The molecule has 0 aromatic rings. The lowest BCUT2D eigenvalue weighted by Gasteiger charge is -2.21. The Hall–Kier alpha value is -0.0400. The first-order valence-corrected chi connectivity index (χ1v) is 5.30. The average Bonchev–Trinajstić information content (AvgIpc) is 2.14. The number of rotatable bonds is 5. The summed E-state index contributed by atoms with van der Waals surface area (Å²) < 4.78 is 5.42. The third kappa shape index (κ3) is 4.10. The van der Waals surface area contributed by atoms with Crippen molar-refractivity contribution in [3.8, 4) is 0 Å². The van der Waals surface area contributed by atoms with Crippen LogP contribution in [-0.2, 0) is 4.74 Å². The summed E-state index contributed by atoms with van der Waals surface area (Å²) in [5, 5.41) is 0. The lowest BCUT2D eigenvalue weighted by Crippen LogP contribution is -2.09. The highest BCUT2D eigenvalue weighted by Crippen LogP contribution is 2.25. The molecule has 1 radical (unpaired) electrons. The molecule has 0 amide bonds. The number of hydrogen-bond donors (Lipinski definition) is 0. The zero-order valence-electron chi connectivity index (χ0n) is 8.06. The Bertz CT molecular complexity index is 95.2. The molecular weight excluding hydrogens is 148 g/mol. The molecule has 0 heterocycles. The maximum Gasteiger partial charge on any atom is 0.0468 e. The van der Waals surface area contributed by atoms with Crippen LogP contribution in [-0.4, -0.2) is 13.2 Å². The third-order valence-corrected chi connectivity index (χ3v) is 2.68. The molecule has 1 heteroatoms. The summed E-state index contributed by atoms with van der Waals surface area (Å²) in [4.78, 5) is 0. The molecule has 1 nitrogen and oxygen atoms in total. The maximum atomic E-state index is 5.42. The minimum atomic E-state index is 0.840. The molecule has 1 fully saturated rings. The molecule has 0 aromatic heterocycles. The second-order valence-corrected chi connectivity index (χ2v) is 3.76. The van der Waals surface area contributed by atoms with Crippen molar-refractivity contribution >= 4 is 0 Å². The highest BCUT2D eigenvalue weighted by Gasteiger charge is 2.12. The summed E-state index contributed by atoms with van der Waals surface area (Å²) >= 11 is 0. The Balaban J connectivity index is 1.91. The summed E-state index contributed by atoms with van der Waals surface area (Å²) in [5.74, 6) is 0.962. The van der Waals surface area contributed by atoms with Crippen LogP contribution in [0.5, 0.6) is 0 Å². The summed E-state index contributed by atoms with van der Waals surface area (Å²) in [5.41, 5.74) is 0. The van der Waals surface area contributed by atoms with Gasteiger partial charge in [-0.25, -0.2) is 0 Å². The second-order valence-electron chi connectivity index (χ2n) is 3.76. The zero-order valence-corrected chi connectivity index (χ0v) is 8.06. The predicted octanol–water partition coefficient (Wildman–Crippen LogP) is 3.20. The fourth-order valence-electron chi connectivity index (χ4n) is 1.93. The molecule has 0 N–H and O–H groups in total. The van der Waals surface area contributed by atoms with Crippen LogP contribution in [0, 0.1) is 12.8 Å². The van der Waals surface area contributed by atoms with Crippen molar-refractivity contribution in [2.75, 3.05) is 13.2 Å². The summed E-state index contributed by atoms with van der Waals surface area (Å²) in [6.07, 6.45) is 9.41. The first-order chi connectivity index (χ1) is 5.93. The van der Waals surface area contributed by atoms with Crippen LogP contribution in [0.3, 0.4) is 0 Å². The van der Waals surface area contributed by atoms with Crippen molar-refractivity contribution in [2.45, 2.75) is 44.9 Å². The number of hydrogen-bond acceptors (Lipinski definition) is 1. The lowest BCUT2D eigenvalue weighted by molar-refractivity contribution is 0.117. The second kappa shape index (κ2) is 6.47. The van der Waals surface area contributed by atoms with E-state index < -0.39 is 0 Å². The van der Waals surface area contributed by atoms with Gasteiger partial charge in [0.1, 0.15) is 0 Å². The zero-order chi connectivity index (χ0) is 8.65. The summed E-state index contributed by atoms with van der Waals surface area (Å²) in [6, 6.07) is 0. The van der Waals surface area contributed by atoms with Gasteiger partial charge in [-0.05, 0) is 18.8 Å². The molecule has 1 aliphatic carbocycles. The van der Waals surface area contributed by atoms with E-state index in [1.54, 1.807) is 0 Å². The normalized spacial score (nSPS) is 19.8. The van der Waals surface area contributed by atoms with Gasteiger partial charge in [0.15, 0.2) is 0 Å². The van der Waals surface area contributed by atoms with Crippen molar-refractivity contribution in [2.24, 2.45) is 5.92 Å². The van der Waals surface area contributed by atoms with Gasteiger partial charge in [0.05, 0.1) is 0 Å². The van der Waals surface area contributed by atoms with E-state index in [2.05, 4.69) is 6.92 Å². The van der Waals surface area contributed by atoms with Gasteiger partial charge in [0, 0.05) is 13.2 Å². The minimum Gasteiger partial charge on any atom is -0.381 e. The van der Waals surface area contributed by atoms with Crippen molar-refractivity contribution in [1.29, 1.82) is 0 Å². The van der Waals surface area contributed by atoms with Gasteiger partial charge in [-0.2, -0.15) is 0 Å².